The monoisotopic (exact) mass is 237 g/mol. The zero-order chi connectivity index (χ0) is 12.7. The second-order valence-electron chi connectivity index (χ2n) is 4.43. The molecule has 0 radical (unpaired) electrons. The lowest BCUT2D eigenvalue weighted by molar-refractivity contribution is 0.625. The lowest BCUT2D eigenvalue weighted by atomic mass is 10.1. The van der Waals surface area contributed by atoms with Gasteiger partial charge in [0.2, 0.25) is 0 Å². The van der Waals surface area contributed by atoms with Gasteiger partial charge in [0, 0.05) is 13.1 Å². The Hall–Kier alpha value is -1.58. The van der Waals surface area contributed by atoms with Crippen molar-refractivity contribution in [3.05, 3.63) is 35.6 Å². The Morgan fingerprint density at radius 1 is 1.47 bits per heavy atom. The number of halogens is 1. The van der Waals surface area contributed by atoms with E-state index in [4.69, 9.17) is 5.73 Å². The number of hydrogen-bond acceptors (Lipinski definition) is 1. The van der Waals surface area contributed by atoms with Crippen molar-refractivity contribution in [1.82, 2.24) is 5.32 Å². The van der Waals surface area contributed by atoms with Crippen LogP contribution in [0.1, 0.15) is 19.4 Å². The van der Waals surface area contributed by atoms with Gasteiger partial charge in [0.1, 0.15) is 5.82 Å². The Kier molecular flexibility index (Phi) is 5.46. The number of guanidine groups is 1. The zero-order valence-corrected chi connectivity index (χ0v) is 10.4. The smallest absolute Gasteiger partial charge is 0.188 e. The van der Waals surface area contributed by atoms with Crippen LogP contribution in [-0.4, -0.2) is 19.0 Å². The SMILES string of the molecule is CC(C)CN=C(N)NCCc1cccc(F)c1. The van der Waals surface area contributed by atoms with Crippen LogP contribution in [0.4, 0.5) is 4.39 Å². The average Bonchev–Trinajstić information content (AvgIpc) is 2.26. The third kappa shape index (κ3) is 5.90. The molecule has 1 aromatic carbocycles. The van der Waals surface area contributed by atoms with E-state index < -0.39 is 0 Å². The molecule has 0 aromatic heterocycles. The number of nitrogens with two attached hydrogens (primary N) is 1. The van der Waals surface area contributed by atoms with Gasteiger partial charge >= 0.3 is 0 Å². The predicted molar refractivity (Wildman–Crippen MR) is 69.4 cm³/mol. The van der Waals surface area contributed by atoms with E-state index in [1.165, 1.54) is 12.1 Å². The summed E-state index contributed by atoms with van der Waals surface area (Å²) < 4.78 is 12.9. The quantitative estimate of drug-likeness (QED) is 0.607. The maximum absolute atomic E-state index is 12.9. The van der Waals surface area contributed by atoms with E-state index in [1.807, 2.05) is 6.07 Å². The molecule has 4 heteroatoms. The number of benzene rings is 1. The third-order valence-corrected chi connectivity index (χ3v) is 2.24. The summed E-state index contributed by atoms with van der Waals surface area (Å²) in [6.45, 7) is 5.56. The van der Waals surface area contributed by atoms with E-state index in [2.05, 4.69) is 24.2 Å². The van der Waals surface area contributed by atoms with Crippen molar-refractivity contribution in [1.29, 1.82) is 0 Å². The largest absolute Gasteiger partial charge is 0.370 e. The highest BCUT2D eigenvalue weighted by Crippen LogP contribution is 2.03. The molecular formula is C13H20FN3. The van der Waals surface area contributed by atoms with Crippen LogP contribution < -0.4 is 11.1 Å². The normalized spacial score (nSPS) is 11.9. The topological polar surface area (TPSA) is 50.4 Å². The molecule has 0 atom stereocenters. The summed E-state index contributed by atoms with van der Waals surface area (Å²) in [7, 11) is 0. The number of nitrogens with one attached hydrogen (secondary N) is 1. The van der Waals surface area contributed by atoms with Crippen LogP contribution in [0.2, 0.25) is 0 Å². The fourth-order valence-electron chi connectivity index (χ4n) is 1.36. The minimum Gasteiger partial charge on any atom is -0.370 e. The molecule has 0 aliphatic heterocycles. The van der Waals surface area contributed by atoms with Crippen LogP contribution in [0.3, 0.4) is 0 Å². The Bertz CT molecular complexity index is 375. The van der Waals surface area contributed by atoms with Gasteiger partial charge in [-0.25, -0.2) is 4.39 Å². The van der Waals surface area contributed by atoms with Crippen LogP contribution in [0.15, 0.2) is 29.3 Å². The first-order chi connectivity index (χ1) is 8.08. The van der Waals surface area contributed by atoms with Crippen molar-refractivity contribution in [3.8, 4) is 0 Å². The minimum atomic E-state index is -0.205. The second-order valence-corrected chi connectivity index (χ2v) is 4.43. The summed E-state index contributed by atoms with van der Waals surface area (Å²) >= 11 is 0. The maximum Gasteiger partial charge on any atom is 0.188 e. The first-order valence-corrected chi connectivity index (χ1v) is 5.86. The summed E-state index contributed by atoms with van der Waals surface area (Å²) in [6.07, 6.45) is 0.732. The van der Waals surface area contributed by atoms with Crippen LogP contribution in [0, 0.1) is 11.7 Å². The Balaban J connectivity index is 2.30. The van der Waals surface area contributed by atoms with Crippen LogP contribution >= 0.6 is 0 Å². The number of nitrogens with zero attached hydrogens (tertiary/aromatic N) is 1. The van der Waals surface area contributed by atoms with E-state index in [0.29, 0.717) is 18.4 Å². The summed E-state index contributed by atoms with van der Waals surface area (Å²) in [4.78, 5) is 4.18. The average molecular weight is 237 g/mol. The first-order valence-electron chi connectivity index (χ1n) is 5.86. The molecule has 94 valence electrons. The fourth-order valence-corrected chi connectivity index (χ4v) is 1.36. The molecule has 3 nitrogen and oxygen atoms in total. The molecule has 0 heterocycles. The summed E-state index contributed by atoms with van der Waals surface area (Å²) in [6, 6.07) is 6.58. The van der Waals surface area contributed by atoms with Crippen molar-refractivity contribution < 1.29 is 4.39 Å². The standard InChI is InChI=1S/C13H20FN3/c1-10(2)9-17-13(15)16-7-6-11-4-3-5-12(14)8-11/h3-5,8,10H,6-7,9H2,1-2H3,(H3,15,16,17). The Morgan fingerprint density at radius 3 is 2.88 bits per heavy atom. The number of aliphatic imine (C=N–C) groups is 1. The maximum atomic E-state index is 12.9. The Morgan fingerprint density at radius 2 is 2.24 bits per heavy atom. The van der Waals surface area contributed by atoms with Gasteiger partial charge in [-0.15, -0.1) is 0 Å². The van der Waals surface area contributed by atoms with E-state index in [9.17, 15) is 4.39 Å². The lowest BCUT2D eigenvalue weighted by Gasteiger charge is -2.06. The van der Waals surface area contributed by atoms with Gasteiger partial charge in [-0.3, -0.25) is 4.99 Å². The first kappa shape index (κ1) is 13.5. The van der Waals surface area contributed by atoms with Crippen molar-refractivity contribution in [2.75, 3.05) is 13.1 Å². The number of hydrogen-bond donors (Lipinski definition) is 2. The van der Waals surface area contributed by atoms with Gasteiger partial charge in [-0.1, -0.05) is 26.0 Å². The van der Waals surface area contributed by atoms with Gasteiger partial charge in [0.15, 0.2) is 5.96 Å². The molecule has 0 aliphatic rings. The Labute approximate surface area is 102 Å². The van der Waals surface area contributed by atoms with Crippen LogP contribution in [0.5, 0.6) is 0 Å². The summed E-state index contributed by atoms with van der Waals surface area (Å²) in [5, 5.41) is 3.01. The number of rotatable bonds is 5. The third-order valence-electron chi connectivity index (χ3n) is 2.24. The molecule has 0 fully saturated rings. The summed E-state index contributed by atoms with van der Waals surface area (Å²) in [5.41, 5.74) is 6.63. The van der Waals surface area contributed by atoms with E-state index in [-0.39, 0.29) is 5.82 Å². The second kappa shape index (κ2) is 6.89. The zero-order valence-electron chi connectivity index (χ0n) is 10.4. The molecule has 0 spiro atoms. The molecule has 0 unspecified atom stereocenters. The van der Waals surface area contributed by atoms with Crippen LogP contribution in [0.25, 0.3) is 0 Å². The molecular weight excluding hydrogens is 217 g/mol. The van der Waals surface area contributed by atoms with E-state index >= 15 is 0 Å². The van der Waals surface area contributed by atoms with E-state index in [0.717, 1.165) is 18.5 Å². The van der Waals surface area contributed by atoms with Gasteiger partial charge in [0.25, 0.3) is 0 Å². The predicted octanol–water partition coefficient (Wildman–Crippen LogP) is 1.93. The van der Waals surface area contributed by atoms with Crippen molar-refractivity contribution in [2.45, 2.75) is 20.3 Å². The molecule has 0 saturated heterocycles. The highest BCUT2D eigenvalue weighted by atomic mass is 19.1. The van der Waals surface area contributed by atoms with Gasteiger partial charge in [-0.05, 0) is 30.0 Å². The van der Waals surface area contributed by atoms with Gasteiger partial charge in [-0.2, -0.15) is 0 Å². The van der Waals surface area contributed by atoms with Crippen molar-refractivity contribution in [3.63, 3.8) is 0 Å². The molecule has 0 saturated carbocycles. The van der Waals surface area contributed by atoms with Crippen LogP contribution in [-0.2, 0) is 6.42 Å². The molecule has 0 aliphatic carbocycles. The highest BCUT2D eigenvalue weighted by molar-refractivity contribution is 5.77. The molecule has 0 amide bonds. The highest BCUT2D eigenvalue weighted by Gasteiger charge is 1.97. The lowest BCUT2D eigenvalue weighted by Crippen LogP contribution is -2.33. The molecule has 17 heavy (non-hydrogen) atoms. The van der Waals surface area contributed by atoms with E-state index in [1.54, 1.807) is 6.07 Å². The molecule has 1 aromatic rings. The molecule has 3 N–H and O–H groups in total. The minimum absolute atomic E-state index is 0.205. The molecule has 0 bridgehead atoms. The molecule has 1 rings (SSSR count). The van der Waals surface area contributed by atoms with Gasteiger partial charge < -0.3 is 11.1 Å². The van der Waals surface area contributed by atoms with Crippen molar-refractivity contribution in [2.24, 2.45) is 16.6 Å². The van der Waals surface area contributed by atoms with Gasteiger partial charge in [0.05, 0.1) is 0 Å². The fraction of sp³-hybridized carbons (Fsp3) is 0.462. The summed E-state index contributed by atoms with van der Waals surface area (Å²) in [5.74, 6) is 0.748. The van der Waals surface area contributed by atoms with Crippen molar-refractivity contribution >= 4 is 5.96 Å².